The molecule has 4 aromatic rings. The monoisotopic (exact) mass is 494 g/mol. The van der Waals surface area contributed by atoms with Crippen LogP contribution in [0.1, 0.15) is 53.5 Å². The summed E-state index contributed by atoms with van der Waals surface area (Å²) in [6.07, 6.45) is 3.10. The van der Waals surface area contributed by atoms with Crippen LogP contribution in [0.3, 0.4) is 0 Å². The standard InChI is InChI=1S/C25H23ClN4O3S/c1-12(29-13(2)31)22-10-20-25(34-22)16(3-6-28-20)17-9-15(26)7-14-8-21(32-23(14)17)24-18-11-27-5-4-19(18)30-33-24/h3,6-7,9-10,12,21,27H,4-5,8,11H2,1-2H3,(H,29,31). The molecule has 2 aliphatic rings. The zero-order chi connectivity index (χ0) is 23.4. The summed E-state index contributed by atoms with van der Waals surface area (Å²) in [4.78, 5) is 17.2. The van der Waals surface area contributed by atoms with Gasteiger partial charge in [-0.2, -0.15) is 0 Å². The summed E-state index contributed by atoms with van der Waals surface area (Å²) in [6.45, 7) is 5.15. The molecular weight excluding hydrogens is 472 g/mol. The highest BCUT2D eigenvalue weighted by Gasteiger charge is 2.34. The number of pyridine rings is 1. The average Bonchev–Trinajstić information content (AvgIpc) is 3.53. The molecule has 0 bridgehead atoms. The summed E-state index contributed by atoms with van der Waals surface area (Å²) >= 11 is 8.19. The van der Waals surface area contributed by atoms with Gasteiger partial charge in [-0.1, -0.05) is 16.8 Å². The minimum Gasteiger partial charge on any atom is -0.481 e. The van der Waals surface area contributed by atoms with Crippen molar-refractivity contribution in [1.82, 2.24) is 20.8 Å². The summed E-state index contributed by atoms with van der Waals surface area (Å²) in [5.74, 6) is 1.55. The van der Waals surface area contributed by atoms with Crippen molar-refractivity contribution in [1.29, 1.82) is 0 Å². The number of ether oxygens (including phenoxy) is 1. The van der Waals surface area contributed by atoms with Crippen LogP contribution in [-0.4, -0.2) is 22.6 Å². The number of rotatable bonds is 4. The number of thiophene rings is 1. The minimum atomic E-state index is -0.237. The molecule has 2 unspecified atom stereocenters. The number of benzene rings is 1. The Morgan fingerprint density at radius 2 is 2.21 bits per heavy atom. The Labute approximate surface area is 205 Å². The van der Waals surface area contributed by atoms with Crippen LogP contribution < -0.4 is 15.4 Å². The molecule has 0 saturated carbocycles. The van der Waals surface area contributed by atoms with Crippen LogP contribution in [0.5, 0.6) is 5.75 Å². The fourth-order valence-electron chi connectivity index (χ4n) is 4.84. The number of fused-ring (bicyclic) bond motifs is 3. The van der Waals surface area contributed by atoms with E-state index in [9.17, 15) is 4.79 Å². The molecule has 1 aromatic carbocycles. The van der Waals surface area contributed by atoms with Crippen molar-refractivity contribution in [3.05, 3.63) is 62.9 Å². The summed E-state index contributed by atoms with van der Waals surface area (Å²) in [7, 11) is 0. The molecule has 2 atom stereocenters. The Balaban J connectivity index is 1.41. The Morgan fingerprint density at radius 1 is 1.32 bits per heavy atom. The first kappa shape index (κ1) is 21.6. The molecule has 5 heterocycles. The topological polar surface area (TPSA) is 89.3 Å². The van der Waals surface area contributed by atoms with E-state index in [0.717, 1.165) is 74.1 Å². The highest BCUT2D eigenvalue weighted by Crippen LogP contribution is 2.48. The molecule has 0 fully saturated rings. The van der Waals surface area contributed by atoms with Gasteiger partial charge in [0.25, 0.3) is 0 Å². The number of carbonyl (C=O) groups is 1. The summed E-state index contributed by atoms with van der Waals surface area (Å²) in [5, 5.41) is 11.3. The maximum atomic E-state index is 11.5. The third-order valence-corrected chi connectivity index (χ3v) is 7.95. The maximum Gasteiger partial charge on any atom is 0.217 e. The molecule has 0 saturated heterocycles. The largest absolute Gasteiger partial charge is 0.481 e. The Hall–Kier alpha value is -2.94. The molecule has 9 heteroatoms. The van der Waals surface area contributed by atoms with Crippen molar-refractivity contribution in [2.75, 3.05) is 6.54 Å². The molecule has 6 rings (SSSR count). The van der Waals surface area contributed by atoms with Crippen molar-refractivity contribution >= 4 is 39.1 Å². The molecule has 2 N–H and O–H groups in total. The van der Waals surface area contributed by atoms with Crippen LogP contribution in [0.4, 0.5) is 0 Å². The van der Waals surface area contributed by atoms with Gasteiger partial charge >= 0.3 is 0 Å². The van der Waals surface area contributed by atoms with Crippen molar-refractivity contribution in [2.45, 2.75) is 45.4 Å². The third-order valence-electron chi connectivity index (χ3n) is 6.40. The predicted molar refractivity (Wildman–Crippen MR) is 131 cm³/mol. The van der Waals surface area contributed by atoms with Gasteiger partial charge in [-0.3, -0.25) is 9.78 Å². The van der Waals surface area contributed by atoms with E-state index in [1.807, 2.05) is 31.2 Å². The first-order valence-electron chi connectivity index (χ1n) is 11.3. The van der Waals surface area contributed by atoms with E-state index in [2.05, 4.69) is 20.8 Å². The minimum absolute atomic E-state index is 0.0601. The van der Waals surface area contributed by atoms with Crippen molar-refractivity contribution in [3.8, 4) is 16.9 Å². The lowest BCUT2D eigenvalue weighted by atomic mass is 9.99. The van der Waals surface area contributed by atoms with Gasteiger partial charge in [-0.05, 0) is 31.2 Å². The maximum absolute atomic E-state index is 11.5. The third kappa shape index (κ3) is 3.66. The number of nitrogens with zero attached hydrogens (tertiary/aromatic N) is 2. The Morgan fingerprint density at radius 3 is 3.06 bits per heavy atom. The van der Waals surface area contributed by atoms with Crippen molar-refractivity contribution in [3.63, 3.8) is 0 Å². The van der Waals surface area contributed by atoms with Gasteiger partial charge in [-0.15, -0.1) is 11.3 Å². The molecule has 7 nitrogen and oxygen atoms in total. The van der Waals surface area contributed by atoms with Crippen LogP contribution in [0.25, 0.3) is 21.3 Å². The molecule has 1 amide bonds. The van der Waals surface area contributed by atoms with Gasteiger partial charge < -0.3 is 19.9 Å². The predicted octanol–water partition coefficient (Wildman–Crippen LogP) is 5.12. The smallest absolute Gasteiger partial charge is 0.217 e. The second-order valence-corrected chi connectivity index (χ2v) is 10.3. The van der Waals surface area contributed by atoms with E-state index in [4.69, 9.17) is 20.9 Å². The van der Waals surface area contributed by atoms with E-state index >= 15 is 0 Å². The van der Waals surface area contributed by atoms with Crippen molar-refractivity contribution in [2.24, 2.45) is 0 Å². The van der Waals surface area contributed by atoms with Gasteiger partial charge in [0.2, 0.25) is 5.91 Å². The van der Waals surface area contributed by atoms with Crippen molar-refractivity contribution < 1.29 is 14.1 Å². The Bertz CT molecular complexity index is 1430. The fraction of sp³-hybridized carbons (Fsp3) is 0.320. The number of halogens is 1. The lowest BCUT2D eigenvalue weighted by Gasteiger charge is -2.15. The molecule has 0 spiro atoms. The summed E-state index contributed by atoms with van der Waals surface area (Å²) < 4.78 is 13.3. The SMILES string of the molecule is CC(=O)NC(C)c1cc2nccc(-c3cc(Cl)cc4c3OC(c3onc5c3CNCC5)C4)c2s1. The molecule has 174 valence electrons. The lowest BCUT2D eigenvalue weighted by Crippen LogP contribution is -2.24. The van der Waals surface area contributed by atoms with E-state index in [1.54, 1.807) is 17.5 Å². The zero-order valence-electron chi connectivity index (χ0n) is 18.8. The van der Waals surface area contributed by atoms with Gasteiger partial charge in [-0.25, -0.2) is 0 Å². The highest BCUT2D eigenvalue weighted by molar-refractivity contribution is 7.19. The summed E-state index contributed by atoms with van der Waals surface area (Å²) in [5.41, 5.74) is 6.00. The van der Waals surface area contributed by atoms with E-state index < -0.39 is 0 Å². The van der Waals surface area contributed by atoms with Gasteiger partial charge in [0, 0.05) is 71.2 Å². The van der Waals surface area contributed by atoms with Crippen LogP contribution in [0.2, 0.25) is 5.02 Å². The molecular formula is C25H23ClN4O3S. The van der Waals surface area contributed by atoms with Gasteiger partial charge in [0.15, 0.2) is 11.9 Å². The Kier molecular flexibility index (Phi) is 5.32. The van der Waals surface area contributed by atoms with E-state index in [0.29, 0.717) is 11.4 Å². The number of carbonyl (C=O) groups excluding carboxylic acids is 1. The highest BCUT2D eigenvalue weighted by atomic mass is 35.5. The van der Waals surface area contributed by atoms with E-state index in [-0.39, 0.29) is 18.1 Å². The quantitative estimate of drug-likeness (QED) is 0.409. The molecule has 34 heavy (non-hydrogen) atoms. The fourth-order valence-corrected chi connectivity index (χ4v) is 6.23. The zero-order valence-corrected chi connectivity index (χ0v) is 20.3. The normalized spacial score (nSPS) is 17.8. The molecule has 0 radical (unpaired) electrons. The molecule has 0 aliphatic carbocycles. The van der Waals surface area contributed by atoms with E-state index in [1.165, 1.54) is 6.92 Å². The first-order chi connectivity index (χ1) is 16.5. The van der Waals surface area contributed by atoms with Crippen LogP contribution in [0.15, 0.2) is 35.0 Å². The van der Waals surface area contributed by atoms with Gasteiger partial charge in [0.05, 0.1) is 22.0 Å². The second-order valence-electron chi connectivity index (χ2n) is 8.79. The second kappa shape index (κ2) is 8.37. The van der Waals surface area contributed by atoms with Crippen LogP contribution >= 0.6 is 22.9 Å². The number of amides is 1. The molecule has 2 aliphatic heterocycles. The number of aromatic nitrogens is 2. The lowest BCUT2D eigenvalue weighted by molar-refractivity contribution is -0.119. The van der Waals surface area contributed by atoms with Crippen LogP contribution in [-0.2, 0) is 24.2 Å². The number of hydrogen-bond donors (Lipinski definition) is 2. The number of nitrogens with one attached hydrogen (secondary N) is 2. The summed E-state index contributed by atoms with van der Waals surface area (Å²) in [6, 6.07) is 7.85. The number of hydrogen-bond acceptors (Lipinski definition) is 7. The van der Waals surface area contributed by atoms with Crippen LogP contribution in [0, 0.1) is 0 Å². The average molecular weight is 495 g/mol. The first-order valence-corrected chi connectivity index (χ1v) is 12.5. The molecule has 3 aromatic heterocycles. The van der Waals surface area contributed by atoms with Gasteiger partial charge in [0.1, 0.15) is 5.75 Å².